The zero-order valence-electron chi connectivity index (χ0n) is 14.0. The molecule has 0 unspecified atom stereocenters. The first kappa shape index (κ1) is 17.9. The second-order valence-corrected chi connectivity index (χ2v) is 5.59. The summed E-state index contributed by atoms with van der Waals surface area (Å²) < 4.78 is 10.6. The van der Waals surface area contributed by atoms with Crippen molar-refractivity contribution in [1.29, 1.82) is 0 Å². The van der Waals surface area contributed by atoms with E-state index in [0.717, 1.165) is 16.9 Å². The Morgan fingerprint density at radius 2 is 1.92 bits per heavy atom. The van der Waals surface area contributed by atoms with Gasteiger partial charge in [0.1, 0.15) is 11.5 Å². The highest BCUT2D eigenvalue weighted by molar-refractivity contribution is 6.31. The second-order valence-electron chi connectivity index (χ2n) is 5.19. The number of methoxy groups -OCH3 is 1. The van der Waals surface area contributed by atoms with Crippen LogP contribution in [0, 0.1) is 6.92 Å². The van der Waals surface area contributed by atoms with E-state index < -0.39 is 0 Å². The van der Waals surface area contributed by atoms with Crippen molar-refractivity contribution in [3.8, 4) is 11.5 Å². The van der Waals surface area contributed by atoms with Gasteiger partial charge in [0.2, 0.25) is 0 Å². The van der Waals surface area contributed by atoms with Gasteiger partial charge in [-0.25, -0.2) is 4.79 Å². The van der Waals surface area contributed by atoms with Gasteiger partial charge in [-0.3, -0.25) is 0 Å². The number of benzene rings is 2. The van der Waals surface area contributed by atoms with Crippen molar-refractivity contribution in [3.63, 3.8) is 0 Å². The Morgan fingerprint density at radius 3 is 2.54 bits per heavy atom. The highest BCUT2D eigenvalue weighted by Gasteiger charge is 2.10. The molecule has 2 rings (SSSR count). The van der Waals surface area contributed by atoms with Gasteiger partial charge in [-0.2, -0.15) is 0 Å². The van der Waals surface area contributed by atoms with E-state index in [0.29, 0.717) is 29.6 Å². The number of ether oxygens (including phenoxy) is 2. The van der Waals surface area contributed by atoms with Crippen LogP contribution in [0.15, 0.2) is 36.4 Å². The van der Waals surface area contributed by atoms with E-state index in [1.165, 1.54) is 7.11 Å². The Kier molecular flexibility index (Phi) is 6.32. The van der Waals surface area contributed by atoms with E-state index in [-0.39, 0.29) is 6.03 Å². The zero-order chi connectivity index (χ0) is 17.5. The zero-order valence-corrected chi connectivity index (χ0v) is 14.7. The normalized spacial score (nSPS) is 10.2. The second kappa shape index (κ2) is 8.45. The molecule has 0 radical (unpaired) electrons. The number of anilines is 1. The van der Waals surface area contributed by atoms with Crippen molar-refractivity contribution < 1.29 is 14.3 Å². The Hall–Kier alpha value is -2.40. The fourth-order valence-corrected chi connectivity index (χ4v) is 2.30. The minimum atomic E-state index is -0.316. The molecule has 0 bridgehead atoms. The molecule has 0 aromatic heterocycles. The molecular weight excluding hydrogens is 328 g/mol. The molecule has 0 fully saturated rings. The number of amides is 2. The van der Waals surface area contributed by atoms with Crippen LogP contribution in [0.25, 0.3) is 0 Å². The van der Waals surface area contributed by atoms with Crippen molar-refractivity contribution in [3.05, 3.63) is 52.5 Å². The number of hydrogen-bond donors (Lipinski definition) is 2. The number of rotatable bonds is 6. The van der Waals surface area contributed by atoms with Gasteiger partial charge >= 0.3 is 6.03 Å². The largest absolute Gasteiger partial charge is 0.495 e. The van der Waals surface area contributed by atoms with Gasteiger partial charge in [-0.1, -0.05) is 23.7 Å². The molecule has 0 saturated heterocycles. The average molecular weight is 349 g/mol. The number of aryl methyl sites for hydroxylation is 1. The lowest BCUT2D eigenvalue weighted by molar-refractivity contribution is 0.251. The minimum absolute atomic E-state index is 0.316. The SMILES string of the molecule is CCOc1ccc(CNC(=O)Nc2cc(C)c(Cl)cc2OC)cc1. The van der Waals surface area contributed by atoms with Gasteiger partial charge in [0.15, 0.2) is 0 Å². The third-order valence-corrected chi connectivity index (χ3v) is 3.82. The predicted molar refractivity (Wildman–Crippen MR) is 96.2 cm³/mol. The summed E-state index contributed by atoms with van der Waals surface area (Å²) in [5.41, 5.74) is 2.41. The molecule has 6 heteroatoms. The fraction of sp³-hybridized carbons (Fsp3) is 0.278. The monoisotopic (exact) mass is 348 g/mol. The summed E-state index contributed by atoms with van der Waals surface area (Å²) in [7, 11) is 1.53. The highest BCUT2D eigenvalue weighted by Crippen LogP contribution is 2.30. The summed E-state index contributed by atoms with van der Waals surface area (Å²) in [6.07, 6.45) is 0. The Bertz CT molecular complexity index is 702. The van der Waals surface area contributed by atoms with Gasteiger partial charge in [-0.05, 0) is 43.2 Å². The third-order valence-electron chi connectivity index (χ3n) is 3.42. The number of carbonyl (C=O) groups excluding carboxylic acids is 1. The van der Waals surface area contributed by atoms with Gasteiger partial charge in [0.05, 0.1) is 19.4 Å². The number of nitrogens with one attached hydrogen (secondary N) is 2. The molecule has 24 heavy (non-hydrogen) atoms. The molecule has 0 atom stereocenters. The average Bonchev–Trinajstić information content (AvgIpc) is 2.57. The number of carbonyl (C=O) groups is 1. The van der Waals surface area contributed by atoms with Gasteiger partial charge in [0, 0.05) is 17.6 Å². The first-order valence-electron chi connectivity index (χ1n) is 7.64. The Labute approximate surface area is 146 Å². The quantitative estimate of drug-likeness (QED) is 0.814. The Balaban J connectivity index is 1.95. The maximum absolute atomic E-state index is 12.1. The van der Waals surface area contributed by atoms with Crippen LogP contribution in [0.1, 0.15) is 18.1 Å². The summed E-state index contributed by atoms with van der Waals surface area (Å²) >= 11 is 6.06. The number of halogens is 1. The molecule has 2 aromatic carbocycles. The van der Waals surface area contributed by atoms with E-state index in [9.17, 15) is 4.79 Å². The maximum atomic E-state index is 12.1. The molecule has 0 saturated carbocycles. The van der Waals surface area contributed by atoms with Crippen molar-refractivity contribution in [2.45, 2.75) is 20.4 Å². The van der Waals surface area contributed by atoms with Gasteiger partial charge in [0.25, 0.3) is 0 Å². The molecule has 2 N–H and O–H groups in total. The standard InChI is InChI=1S/C18H21ClN2O3/c1-4-24-14-7-5-13(6-8-14)11-20-18(22)21-16-9-12(2)15(19)10-17(16)23-3/h5-10H,4,11H2,1-3H3,(H2,20,21,22). The maximum Gasteiger partial charge on any atom is 0.319 e. The molecule has 0 heterocycles. The molecule has 0 aliphatic rings. The summed E-state index contributed by atoms with van der Waals surface area (Å²) in [6.45, 7) is 4.84. The van der Waals surface area contributed by atoms with E-state index >= 15 is 0 Å². The molecular formula is C18H21ClN2O3. The molecule has 128 valence electrons. The van der Waals surface area contributed by atoms with Crippen molar-refractivity contribution in [2.24, 2.45) is 0 Å². The fourth-order valence-electron chi connectivity index (χ4n) is 2.15. The van der Waals surface area contributed by atoms with Crippen molar-refractivity contribution >= 4 is 23.3 Å². The summed E-state index contributed by atoms with van der Waals surface area (Å²) in [6, 6.07) is 10.7. The smallest absolute Gasteiger partial charge is 0.319 e. The summed E-state index contributed by atoms with van der Waals surface area (Å²) in [4.78, 5) is 12.1. The molecule has 2 aromatic rings. The highest BCUT2D eigenvalue weighted by atomic mass is 35.5. The van der Waals surface area contributed by atoms with Crippen LogP contribution in [0.3, 0.4) is 0 Å². The van der Waals surface area contributed by atoms with Crippen LogP contribution in [0.2, 0.25) is 5.02 Å². The third kappa shape index (κ3) is 4.80. The molecule has 0 aliphatic carbocycles. The summed E-state index contributed by atoms with van der Waals surface area (Å²) in [5, 5.41) is 6.17. The molecule has 0 spiro atoms. The predicted octanol–water partition coefficient (Wildman–Crippen LogP) is 4.38. The van der Waals surface area contributed by atoms with Crippen LogP contribution < -0.4 is 20.1 Å². The van der Waals surface area contributed by atoms with Crippen LogP contribution in [-0.2, 0) is 6.54 Å². The number of hydrogen-bond acceptors (Lipinski definition) is 3. The lowest BCUT2D eigenvalue weighted by atomic mass is 10.2. The van der Waals surface area contributed by atoms with E-state index in [1.54, 1.807) is 12.1 Å². The Morgan fingerprint density at radius 1 is 1.21 bits per heavy atom. The van der Waals surface area contributed by atoms with E-state index in [1.807, 2.05) is 38.1 Å². The molecule has 0 aliphatic heterocycles. The lowest BCUT2D eigenvalue weighted by Crippen LogP contribution is -2.28. The van der Waals surface area contributed by atoms with E-state index in [2.05, 4.69) is 10.6 Å². The van der Waals surface area contributed by atoms with Crippen LogP contribution in [0.4, 0.5) is 10.5 Å². The minimum Gasteiger partial charge on any atom is -0.495 e. The van der Waals surface area contributed by atoms with Crippen molar-refractivity contribution in [1.82, 2.24) is 5.32 Å². The molecule has 5 nitrogen and oxygen atoms in total. The lowest BCUT2D eigenvalue weighted by Gasteiger charge is -2.13. The number of urea groups is 1. The first-order valence-corrected chi connectivity index (χ1v) is 8.02. The molecule has 2 amide bonds. The van der Waals surface area contributed by atoms with Gasteiger partial charge in [-0.15, -0.1) is 0 Å². The first-order chi connectivity index (χ1) is 11.5. The van der Waals surface area contributed by atoms with Crippen LogP contribution in [-0.4, -0.2) is 19.7 Å². The van der Waals surface area contributed by atoms with Crippen molar-refractivity contribution in [2.75, 3.05) is 19.0 Å². The summed E-state index contributed by atoms with van der Waals surface area (Å²) in [5.74, 6) is 1.33. The van der Waals surface area contributed by atoms with Gasteiger partial charge < -0.3 is 20.1 Å². The van der Waals surface area contributed by atoms with E-state index in [4.69, 9.17) is 21.1 Å². The van der Waals surface area contributed by atoms with Crippen LogP contribution in [0.5, 0.6) is 11.5 Å². The topological polar surface area (TPSA) is 59.6 Å². The van der Waals surface area contributed by atoms with Crippen LogP contribution >= 0.6 is 11.6 Å².